The fraction of sp³-hybridized carbons (Fsp3) is 0.421. The Morgan fingerprint density at radius 2 is 1.71 bits per heavy atom. The van der Waals surface area contributed by atoms with Gasteiger partial charge in [0.2, 0.25) is 17.7 Å². The van der Waals surface area contributed by atoms with Gasteiger partial charge in [-0.05, 0) is 37.8 Å². The topological polar surface area (TPSA) is 57.7 Å². The van der Waals surface area contributed by atoms with Crippen molar-refractivity contribution in [3.8, 4) is 0 Å². The number of allylic oxidation sites excluding steroid dienone is 2. The van der Waals surface area contributed by atoms with E-state index >= 15 is 0 Å². The van der Waals surface area contributed by atoms with Gasteiger partial charge in [-0.15, -0.1) is 0 Å². The van der Waals surface area contributed by atoms with Crippen molar-refractivity contribution in [1.29, 1.82) is 0 Å². The molecule has 2 heterocycles. The van der Waals surface area contributed by atoms with E-state index in [0.29, 0.717) is 12.8 Å². The van der Waals surface area contributed by atoms with Gasteiger partial charge in [0.25, 0.3) is 0 Å². The Bertz CT molecular complexity index is 729. The van der Waals surface area contributed by atoms with E-state index in [1.54, 1.807) is 4.90 Å². The molecule has 2 aliphatic heterocycles. The Kier molecular flexibility index (Phi) is 3.52. The van der Waals surface area contributed by atoms with Crippen LogP contribution < -0.4 is 4.90 Å². The number of anilines is 1. The van der Waals surface area contributed by atoms with E-state index in [0.717, 1.165) is 17.7 Å². The number of amides is 3. The van der Waals surface area contributed by atoms with Crippen molar-refractivity contribution in [2.24, 2.45) is 11.8 Å². The molecule has 5 nitrogen and oxygen atoms in total. The van der Waals surface area contributed by atoms with E-state index < -0.39 is 0 Å². The normalized spacial score (nSPS) is 28.3. The second kappa shape index (κ2) is 5.58. The summed E-state index contributed by atoms with van der Waals surface area (Å²) in [6, 6.07) is 7.86. The maximum Gasteiger partial charge on any atom is 0.247 e. The Hall–Kier alpha value is -2.43. The summed E-state index contributed by atoms with van der Waals surface area (Å²) in [5, 5.41) is 0. The molecule has 5 heteroatoms. The maximum atomic E-state index is 12.8. The molecule has 0 aromatic heterocycles. The van der Waals surface area contributed by atoms with Gasteiger partial charge in [-0.3, -0.25) is 19.3 Å². The highest BCUT2D eigenvalue weighted by Gasteiger charge is 2.48. The summed E-state index contributed by atoms with van der Waals surface area (Å²) in [6.07, 6.45) is 5.91. The molecule has 24 heavy (non-hydrogen) atoms. The average molecular weight is 324 g/mol. The molecule has 1 aliphatic carbocycles. The summed E-state index contributed by atoms with van der Waals surface area (Å²) in [5.41, 5.74) is 2.03. The molecule has 4 rings (SSSR count). The molecule has 3 amide bonds. The zero-order chi connectivity index (χ0) is 16.8. The Morgan fingerprint density at radius 1 is 1.08 bits per heavy atom. The van der Waals surface area contributed by atoms with Crippen molar-refractivity contribution in [2.45, 2.75) is 32.2 Å². The maximum absolute atomic E-state index is 12.8. The molecule has 1 aromatic rings. The highest BCUT2D eigenvalue weighted by Crippen LogP contribution is 2.36. The van der Waals surface area contributed by atoms with Gasteiger partial charge in [-0.2, -0.15) is 0 Å². The van der Waals surface area contributed by atoms with Crippen molar-refractivity contribution in [3.63, 3.8) is 0 Å². The molecule has 124 valence electrons. The summed E-state index contributed by atoms with van der Waals surface area (Å²) in [6.45, 7) is 1.85. The van der Waals surface area contributed by atoms with E-state index in [2.05, 4.69) is 0 Å². The average Bonchev–Trinajstić information content (AvgIpc) is 3.04. The highest BCUT2D eigenvalue weighted by atomic mass is 16.2. The third kappa shape index (κ3) is 2.19. The smallest absolute Gasteiger partial charge is 0.247 e. The summed E-state index contributed by atoms with van der Waals surface area (Å²) in [7, 11) is 0. The van der Waals surface area contributed by atoms with E-state index in [1.165, 1.54) is 4.90 Å². The summed E-state index contributed by atoms with van der Waals surface area (Å²) >= 11 is 0. The Labute approximate surface area is 140 Å². The molecule has 3 unspecified atom stereocenters. The van der Waals surface area contributed by atoms with Crippen molar-refractivity contribution >= 4 is 23.4 Å². The number of hydrogen-bond acceptors (Lipinski definition) is 3. The molecule has 1 aromatic carbocycles. The van der Waals surface area contributed by atoms with Crippen LogP contribution in [0.5, 0.6) is 0 Å². The van der Waals surface area contributed by atoms with Crippen LogP contribution in [0.2, 0.25) is 0 Å². The van der Waals surface area contributed by atoms with E-state index in [-0.39, 0.29) is 42.1 Å². The molecular weight excluding hydrogens is 304 g/mol. The van der Waals surface area contributed by atoms with Crippen LogP contribution in [0.1, 0.15) is 25.3 Å². The minimum Gasteiger partial charge on any atom is -0.307 e. The molecule has 3 atom stereocenters. The standard InChI is InChI=1S/C19H20N2O3/c1-12-10-13-6-2-5-9-16(13)21(12)17(22)11-20-18(23)14-7-3-4-8-15(14)19(20)24/h2-6,9,12,14-15H,7-8,10-11H2,1H3. The van der Waals surface area contributed by atoms with Gasteiger partial charge in [0.05, 0.1) is 11.8 Å². The number of hydrogen-bond donors (Lipinski definition) is 0. The Balaban J connectivity index is 1.55. The zero-order valence-corrected chi connectivity index (χ0v) is 13.6. The van der Waals surface area contributed by atoms with Crippen LogP contribution in [0.25, 0.3) is 0 Å². The van der Waals surface area contributed by atoms with Crippen LogP contribution in [0.15, 0.2) is 36.4 Å². The first kappa shape index (κ1) is 15.1. The van der Waals surface area contributed by atoms with Gasteiger partial charge in [-0.1, -0.05) is 30.4 Å². The van der Waals surface area contributed by atoms with Gasteiger partial charge in [-0.25, -0.2) is 0 Å². The lowest BCUT2D eigenvalue weighted by Gasteiger charge is -2.25. The molecule has 3 aliphatic rings. The molecule has 1 saturated heterocycles. The number of carbonyl (C=O) groups is 3. The Morgan fingerprint density at radius 3 is 2.38 bits per heavy atom. The fourth-order valence-corrected chi connectivity index (χ4v) is 4.18. The number of fused-ring (bicyclic) bond motifs is 2. The van der Waals surface area contributed by atoms with Crippen LogP contribution in [-0.2, 0) is 20.8 Å². The number of carbonyl (C=O) groups excluding carboxylic acids is 3. The largest absolute Gasteiger partial charge is 0.307 e. The van der Waals surface area contributed by atoms with Gasteiger partial charge < -0.3 is 4.90 Å². The third-order valence-electron chi connectivity index (χ3n) is 5.37. The van der Waals surface area contributed by atoms with Gasteiger partial charge in [0.15, 0.2) is 0 Å². The SMILES string of the molecule is CC1Cc2ccccc2N1C(=O)CN1C(=O)C2CC=CCC2C1=O. The second-order valence-corrected chi connectivity index (χ2v) is 6.86. The number of imide groups is 1. The van der Waals surface area contributed by atoms with Gasteiger partial charge >= 0.3 is 0 Å². The van der Waals surface area contributed by atoms with Gasteiger partial charge in [0.1, 0.15) is 6.54 Å². The quantitative estimate of drug-likeness (QED) is 0.617. The lowest BCUT2D eigenvalue weighted by molar-refractivity contribution is -0.143. The first-order valence-corrected chi connectivity index (χ1v) is 8.48. The first-order valence-electron chi connectivity index (χ1n) is 8.48. The number of likely N-dealkylation sites (tertiary alicyclic amines) is 1. The summed E-state index contributed by atoms with van der Waals surface area (Å²) in [4.78, 5) is 40.8. The second-order valence-electron chi connectivity index (χ2n) is 6.86. The molecule has 0 bridgehead atoms. The number of benzene rings is 1. The van der Waals surface area contributed by atoms with Crippen LogP contribution in [0.3, 0.4) is 0 Å². The molecule has 1 fully saturated rings. The highest BCUT2D eigenvalue weighted by molar-refractivity contribution is 6.09. The third-order valence-corrected chi connectivity index (χ3v) is 5.37. The number of rotatable bonds is 2. The van der Waals surface area contributed by atoms with Crippen LogP contribution in [0, 0.1) is 11.8 Å². The fourth-order valence-electron chi connectivity index (χ4n) is 4.18. The van der Waals surface area contributed by atoms with Crippen LogP contribution in [-0.4, -0.2) is 35.2 Å². The summed E-state index contributed by atoms with van der Waals surface area (Å²) < 4.78 is 0. The van der Waals surface area contributed by atoms with Crippen LogP contribution >= 0.6 is 0 Å². The zero-order valence-electron chi connectivity index (χ0n) is 13.6. The molecule has 0 spiro atoms. The minimum absolute atomic E-state index is 0.0478. The molecule has 0 N–H and O–H groups in total. The van der Waals surface area contributed by atoms with Crippen molar-refractivity contribution in [2.75, 3.05) is 11.4 Å². The minimum atomic E-state index is -0.279. The monoisotopic (exact) mass is 324 g/mol. The van der Waals surface area contributed by atoms with Crippen LogP contribution in [0.4, 0.5) is 5.69 Å². The summed E-state index contributed by atoms with van der Waals surface area (Å²) in [5.74, 6) is -1.12. The van der Waals surface area contributed by atoms with Crippen molar-refractivity contribution in [3.05, 3.63) is 42.0 Å². The predicted molar refractivity (Wildman–Crippen MR) is 89.2 cm³/mol. The molecular formula is C19H20N2O3. The number of para-hydroxylation sites is 1. The van der Waals surface area contributed by atoms with E-state index in [9.17, 15) is 14.4 Å². The molecule has 0 radical (unpaired) electrons. The van der Waals surface area contributed by atoms with Crippen molar-refractivity contribution < 1.29 is 14.4 Å². The first-order chi connectivity index (χ1) is 11.6. The predicted octanol–water partition coefficient (Wildman–Crippen LogP) is 1.92. The van der Waals surface area contributed by atoms with Gasteiger partial charge in [0, 0.05) is 11.7 Å². The lowest BCUT2D eigenvalue weighted by atomic mass is 9.85. The van der Waals surface area contributed by atoms with E-state index in [4.69, 9.17) is 0 Å². The van der Waals surface area contributed by atoms with Crippen molar-refractivity contribution in [1.82, 2.24) is 4.90 Å². The molecule has 0 saturated carbocycles. The van der Waals surface area contributed by atoms with E-state index in [1.807, 2.05) is 43.3 Å². The number of nitrogens with zero attached hydrogens (tertiary/aromatic N) is 2. The lowest BCUT2D eigenvalue weighted by Crippen LogP contribution is -2.45.